The third kappa shape index (κ3) is 4.81. The molecule has 0 radical (unpaired) electrons. The van der Waals surface area contributed by atoms with Crippen molar-refractivity contribution in [2.45, 2.75) is 70.4 Å². The van der Waals surface area contributed by atoms with Gasteiger partial charge in [-0.2, -0.15) is 0 Å². The second-order valence-corrected chi connectivity index (χ2v) is 9.68. The van der Waals surface area contributed by atoms with Crippen LogP contribution in [-0.4, -0.2) is 65.4 Å². The van der Waals surface area contributed by atoms with Crippen molar-refractivity contribution in [1.82, 2.24) is 9.88 Å². The summed E-state index contributed by atoms with van der Waals surface area (Å²) in [6.07, 6.45) is 7.49. The second-order valence-electron chi connectivity index (χ2n) is 9.27. The molecular weight excluding hydrogens is 432 g/mol. The molecular formula is C23H33ClN4O4. The van der Waals surface area contributed by atoms with E-state index in [1.165, 1.54) is 0 Å². The topological polar surface area (TPSA) is 95.0 Å². The van der Waals surface area contributed by atoms with Gasteiger partial charge in [0.1, 0.15) is 5.82 Å². The lowest BCUT2D eigenvalue weighted by molar-refractivity contribution is -0.139. The zero-order valence-electron chi connectivity index (χ0n) is 18.7. The average Bonchev–Trinajstić information content (AvgIpc) is 3.09. The van der Waals surface area contributed by atoms with Crippen LogP contribution in [0.1, 0.15) is 58.3 Å². The number of piperidine rings is 1. The molecule has 1 aromatic rings. The first kappa shape index (κ1) is 23.1. The number of ether oxygens (including phenoxy) is 1. The van der Waals surface area contributed by atoms with Crippen molar-refractivity contribution in [3.63, 3.8) is 0 Å². The monoisotopic (exact) mass is 464 g/mol. The molecule has 1 aliphatic carbocycles. The van der Waals surface area contributed by atoms with Crippen LogP contribution in [0.2, 0.25) is 5.02 Å². The quantitative estimate of drug-likeness (QED) is 0.687. The van der Waals surface area contributed by atoms with Gasteiger partial charge in [-0.1, -0.05) is 18.5 Å². The van der Waals surface area contributed by atoms with Crippen molar-refractivity contribution < 1.29 is 19.4 Å². The largest absolute Gasteiger partial charge is 0.449 e. The molecule has 2 amide bonds. The van der Waals surface area contributed by atoms with Crippen molar-refractivity contribution in [1.29, 1.82) is 0 Å². The Bertz CT molecular complexity index is 835. The number of amides is 2. The summed E-state index contributed by atoms with van der Waals surface area (Å²) in [5.74, 6) is 0.972. The van der Waals surface area contributed by atoms with Gasteiger partial charge >= 0.3 is 6.09 Å². The fraction of sp³-hybridized carbons (Fsp3) is 0.696. The number of anilines is 2. The van der Waals surface area contributed by atoms with Gasteiger partial charge in [0.2, 0.25) is 5.91 Å². The van der Waals surface area contributed by atoms with Crippen LogP contribution in [0.15, 0.2) is 12.3 Å². The molecule has 3 aliphatic rings. The Morgan fingerprint density at radius 1 is 1.25 bits per heavy atom. The summed E-state index contributed by atoms with van der Waals surface area (Å²) in [4.78, 5) is 33.8. The van der Waals surface area contributed by atoms with Crippen molar-refractivity contribution >= 4 is 35.1 Å². The molecule has 3 fully saturated rings. The molecule has 4 rings (SSSR count). The third-order valence-electron chi connectivity index (χ3n) is 7.18. The van der Waals surface area contributed by atoms with Gasteiger partial charge in [0.25, 0.3) is 0 Å². The van der Waals surface area contributed by atoms with E-state index in [9.17, 15) is 14.7 Å². The van der Waals surface area contributed by atoms with Crippen LogP contribution in [0.5, 0.6) is 0 Å². The van der Waals surface area contributed by atoms with Gasteiger partial charge in [-0.05, 0) is 57.4 Å². The maximum atomic E-state index is 13.3. The molecule has 2 aliphatic heterocycles. The molecule has 8 nitrogen and oxygen atoms in total. The molecule has 1 saturated carbocycles. The minimum absolute atomic E-state index is 0.207. The first-order chi connectivity index (χ1) is 15.4. The fourth-order valence-electron chi connectivity index (χ4n) is 5.26. The van der Waals surface area contributed by atoms with E-state index in [1.54, 1.807) is 12.3 Å². The standard InChI is InChI=1S/C23H33ClN4O4/c1-2-13-32-22(31)26-16-14-19(24)20(25-15-16)27-10-7-23(8-11-27)9-12-28(21(23)30)17-3-5-18(29)6-4-17/h14-15,17-18,29H,2-13H2,1H3,(H,26,31). The van der Waals surface area contributed by atoms with Crippen LogP contribution in [0.4, 0.5) is 16.3 Å². The van der Waals surface area contributed by atoms with E-state index in [-0.39, 0.29) is 17.6 Å². The number of halogens is 1. The number of aromatic nitrogens is 1. The highest BCUT2D eigenvalue weighted by Crippen LogP contribution is 2.44. The molecule has 1 aromatic heterocycles. The molecule has 0 atom stereocenters. The molecule has 0 unspecified atom stereocenters. The Balaban J connectivity index is 1.34. The predicted octanol–water partition coefficient (Wildman–Crippen LogP) is 3.82. The molecule has 0 aromatic carbocycles. The number of aliphatic hydroxyl groups is 1. The van der Waals surface area contributed by atoms with Gasteiger partial charge in [-0.15, -0.1) is 0 Å². The van der Waals surface area contributed by atoms with Crippen molar-refractivity contribution in [2.75, 3.05) is 36.5 Å². The summed E-state index contributed by atoms with van der Waals surface area (Å²) in [7, 11) is 0. The Morgan fingerprint density at radius 3 is 2.59 bits per heavy atom. The Morgan fingerprint density at radius 2 is 1.94 bits per heavy atom. The molecule has 32 heavy (non-hydrogen) atoms. The molecule has 9 heteroatoms. The van der Waals surface area contributed by atoms with Gasteiger partial charge in [-0.3, -0.25) is 10.1 Å². The Labute approximate surface area is 194 Å². The summed E-state index contributed by atoms with van der Waals surface area (Å²) in [5.41, 5.74) is 0.219. The van der Waals surface area contributed by atoms with E-state index in [2.05, 4.69) is 20.1 Å². The Kier molecular flexibility index (Phi) is 7.10. The zero-order valence-corrected chi connectivity index (χ0v) is 19.4. The highest BCUT2D eigenvalue weighted by Gasteiger charge is 2.50. The number of pyridine rings is 1. The number of hydrogen-bond acceptors (Lipinski definition) is 6. The highest BCUT2D eigenvalue weighted by atomic mass is 35.5. The van der Waals surface area contributed by atoms with Gasteiger partial charge in [0.15, 0.2) is 0 Å². The second kappa shape index (κ2) is 9.83. The van der Waals surface area contributed by atoms with Gasteiger partial charge in [0, 0.05) is 25.7 Å². The third-order valence-corrected chi connectivity index (χ3v) is 7.46. The van der Waals surface area contributed by atoms with Crippen LogP contribution >= 0.6 is 11.6 Å². The van der Waals surface area contributed by atoms with E-state index >= 15 is 0 Å². The number of hydrogen-bond donors (Lipinski definition) is 2. The predicted molar refractivity (Wildman–Crippen MR) is 123 cm³/mol. The van der Waals surface area contributed by atoms with Crippen molar-refractivity contribution in [2.24, 2.45) is 5.41 Å². The number of carbonyl (C=O) groups is 2. The van der Waals surface area contributed by atoms with Crippen LogP contribution in [0.25, 0.3) is 0 Å². The summed E-state index contributed by atoms with van der Waals surface area (Å²) in [6, 6.07) is 1.96. The van der Waals surface area contributed by atoms with Gasteiger partial charge in [-0.25, -0.2) is 9.78 Å². The van der Waals surface area contributed by atoms with Gasteiger partial charge < -0.3 is 19.6 Å². The molecule has 2 saturated heterocycles. The number of aliphatic hydroxyl groups excluding tert-OH is 1. The van der Waals surface area contributed by atoms with E-state index in [4.69, 9.17) is 16.3 Å². The van der Waals surface area contributed by atoms with E-state index < -0.39 is 6.09 Å². The fourth-order valence-corrected chi connectivity index (χ4v) is 5.54. The first-order valence-electron chi connectivity index (χ1n) is 11.8. The van der Waals surface area contributed by atoms with Crippen LogP contribution < -0.4 is 10.2 Å². The van der Waals surface area contributed by atoms with Crippen LogP contribution in [0, 0.1) is 5.41 Å². The molecule has 2 N–H and O–H groups in total. The molecule has 0 bridgehead atoms. The number of nitrogens with zero attached hydrogens (tertiary/aromatic N) is 3. The van der Waals surface area contributed by atoms with Crippen molar-refractivity contribution in [3.05, 3.63) is 17.3 Å². The number of carbonyl (C=O) groups excluding carboxylic acids is 2. The van der Waals surface area contributed by atoms with E-state index in [0.29, 0.717) is 29.0 Å². The first-order valence-corrected chi connectivity index (χ1v) is 12.1. The van der Waals surface area contributed by atoms with Crippen molar-refractivity contribution in [3.8, 4) is 0 Å². The molecule has 176 valence electrons. The van der Waals surface area contributed by atoms with Crippen LogP contribution in [-0.2, 0) is 9.53 Å². The number of rotatable bonds is 5. The minimum atomic E-state index is -0.519. The maximum Gasteiger partial charge on any atom is 0.411 e. The highest BCUT2D eigenvalue weighted by molar-refractivity contribution is 6.33. The lowest BCUT2D eigenvalue weighted by Crippen LogP contribution is -2.47. The smallest absolute Gasteiger partial charge is 0.411 e. The molecule has 3 heterocycles. The van der Waals surface area contributed by atoms with Crippen LogP contribution in [0.3, 0.4) is 0 Å². The lowest BCUT2D eigenvalue weighted by Gasteiger charge is -2.40. The number of nitrogens with one attached hydrogen (secondary N) is 1. The normalized spacial score (nSPS) is 25.3. The van der Waals surface area contributed by atoms with E-state index in [1.807, 2.05) is 6.92 Å². The SMILES string of the molecule is CCCOC(=O)Nc1cnc(N2CCC3(CC2)CCN(C2CCC(O)CC2)C3=O)c(Cl)c1. The summed E-state index contributed by atoms with van der Waals surface area (Å²) < 4.78 is 5.02. The summed E-state index contributed by atoms with van der Waals surface area (Å²) in [5, 5.41) is 12.9. The maximum absolute atomic E-state index is 13.3. The summed E-state index contributed by atoms with van der Waals surface area (Å²) in [6.45, 7) is 4.57. The van der Waals surface area contributed by atoms with Gasteiger partial charge in [0.05, 0.1) is 35.0 Å². The molecule has 1 spiro atoms. The lowest BCUT2D eigenvalue weighted by atomic mass is 9.77. The minimum Gasteiger partial charge on any atom is -0.449 e. The zero-order chi connectivity index (χ0) is 22.7. The average molecular weight is 465 g/mol. The Hall–Kier alpha value is -2.06. The number of likely N-dealkylation sites (tertiary alicyclic amines) is 1. The summed E-state index contributed by atoms with van der Waals surface area (Å²) >= 11 is 6.47. The van der Waals surface area contributed by atoms with E-state index in [0.717, 1.165) is 71.0 Å².